The molecule has 0 radical (unpaired) electrons. The van der Waals surface area contributed by atoms with Crippen LogP contribution in [-0.4, -0.2) is 46.0 Å². The molecule has 0 bridgehead atoms. The number of nitrogens with zero attached hydrogens (tertiary/aromatic N) is 2. The molecule has 0 aliphatic carbocycles. The van der Waals surface area contributed by atoms with Gasteiger partial charge in [0.15, 0.2) is 0 Å². The highest BCUT2D eigenvalue weighted by molar-refractivity contribution is 8.00. The number of imide groups is 1. The normalized spacial score (nSPS) is 23.0. The van der Waals surface area contributed by atoms with E-state index in [9.17, 15) is 14.4 Å². The largest absolute Gasteiger partial charge is 0.349 e. The summed E-state index contributed by atoms with van der Waals surface area (Å²) in [6, 6.07) is 8.11. The van der Waals surface area contributed by atoms with Gasteiger partial charge in [-0.1, -0.05) is 18.2 Å². The number of nitrogens with one attached hydrogen (secondary N) is 1. The lowest BCUT2D eigenvalue weighted by atomic mass is 9.85. The van der Waals surface area contributed by atoms with Gasteiger partial charge in [-0.15, -0.1) is 11.8 Å². The summed E-state index contributed by atoms with van der Waals surface area (Å²) in [5.74, 6) is -0.111. The number of likely N-dealkylation sites (tertiary alicyclic amines) is 1. The highest BCUT2D eigenvalue weighted by atomic mass is 32.2. The van der Waals surface area contributed by atoms with Crippen LogP contribution in [0.15, 0.2) is 35.4 Å². The minimum atomic E-state index is -0.698. The summed E-state index contributed by atoms with van der Waals surface area (Å²) < 4.78 is 2.06. The first-order valence-corrected chi connectivity index (χ1v) is 9.26. The van der Waals surface area contributed by atoms with Crippen LogP contribution in [0.25, 0.3) is 10.9 Å². The van der Waals surface area contributed by atoms with Gasteiger partial charge in [0.05, 0.1) is 11.2 Å². The third-order valence-corrected chi connectivity index (χ3v) is 6.18. The molecule has 1 spiro atoms. The Morgan fingerprint density at radius 2 is 2.12 bits per heavy atom. The fourth-order valence-corrected chi connectivity index (χ4v) is 4.78. The number of thioether (sulfide) groups is 1. The Kier molecular flexibility index (Phi) is 3.83. The number of carbonyl (C=O) groups excluding carboxylic acids is 3. The Labute approximate surface area is 149 Å². The van der Waals surface area contributed by atoms with Gasteiger partial charge >= 0.3 is 0 Å². The standard InChI is InChI=1S/C18H19N3O3S/c1-20-9-14(12-4-2-3-5-13(12)20)25-10-16(23)21-7-6-18(11-21)8-15(22)19-17(18)24/h2-5,9H,6-8,10-11H2,1H3,(H,19,22,24)/t18-/m1/s1. The average molecular weight is 357 g/mol. The monoisotopic (exact) mass is 357 g/mol. The van der Waals surface area contributed by atoms with E-state index in [1.54, 1.807) is 4.90 Å². The van der Waals surface area contributed by atoms with E-state index in [2.05, 4.69) is 22.0 Å². The van der Waals surface area contributed by atoms with Gasteiger partial charge in [-0.05, 0) is 12.5 Å². The van der Waals surface area contributed by atoms with Gasteiger partial charge in [-0.2, -0.15) is 0 Å². The lowest BCUT2D eigenvalue weighted by molar-refractivity contribution is -0.129. The molecule has 1 atom stereocenters. The van der Waals surface area contributed by atoms with Gasteiger partial charge in [0.25, 0.3) is 0 Å². The highest BCUT2D eigenvalue weighted by Crippen LogP contribution is 2.38. The number of amides is 3. The minimum absolute atomic E-state index is 0.0157. The average Bonchev–Trinajstić information content (AvgIpc) is 3.24. The zero-order valence-electron chi connectivity index (χ0n) is 13.9. The summed E-state index contributed by atoms with van der Waals surface area (Å²) in [5.41, 5.74) is 0.440. The number of aromatic nitrogens is 1. The van der Waals surface area contributed by atoms with Crippen LogP contribution in [0.4, 0.5) is 0 Å². The highest BCUT2D eigenvalue weighted by Gasteiger charge is 2.51. The number of fused-ring (bicyclic) bond motifs is 1. The van der Waals surface area contributed by atoms with Crippen LogP contribution >= 0.6 is 11.8 Å². The molecule has 2 aliphatic heterocycles. The third-order valence-electron chi connectivity index (χ3n) is 5.15. The predicted octanol–water partition coefficient (Wildman–Crippen LogP) is 1.54. The predicted molar refractivity (Wildman–Crippen MR) is 95.0 cm³/mol. The van der Waals surface area contributed by atoms with Crippen molar-refractivity contribution in [2.75, 3.05) is 18.8 Å². The molecule has 1 aromatic heterocycles. The molecular weight excluding hydrogens is 338 g/mol. The van der Waals surface area contributed by atoms with Crippen LogP contribution in [0.3, 0.4) is 0 Å². The quantitative estimate of drug-likeness (QED) is 0.668. The van der Waals surface area contributed by atoms with E-state index in [0.717, 1.165) is 15.8 Å². The second-order valence-electron chi connectivity index (χ2n) is 6.81. The van der Waals surface area contributed by atoms with Crippen molar-refractivity contribution in [1.82, 2.24) is 14.8 Å². The van der Waals surface area contributed by atoms with Crippen molar-refractivity contribution in [2.24, 2.45) is 12.5 Å². The van der Waals surface area contributed by atoms with Crippen molar-refractivity contribution in [3.63, 3.8) is 0 Å². The zero-order valence-corrected chi connectivity index (χ0v) is 14.8. The number of benzene rings is 1. The summed E-state index contributed by atoms with van der Waals surface area (Å²) in [5, 5.41) is 3.51. The topological polar surface area (TPSA) is 71.4 Å². The fourth-order valence-electron chi connectivity index (χ4n) is 3.76. The van der Waals surface area contributed by atoms with E-state index in [-0.39, 0.29) is 24.1 Å². The Bertz CT molecular complexity index is 891. The van der Waals surface area contributed by atoms with E-state index < -0.39 is 5.41 Å². The van der Waals surface area contributed by atoms with E-state index in [1.165, 1.54) is 11.8 Å². The van der Waals surface area contributed by atoms with E-state index in [4.69, 9.17) is 0 Å². The number of para-hydroxylation sites is 1. The molecule has 4 rings (SSSR count). The van der Waals surface area contributed by atoms with Gasteiger partial charge in [0, 0.05) is 48.6 Å². The van der Waals surface area contributed by atoms with Crippen LogP contribution in [0.1, 0.15) is 12.8 Å². The number of rotatable bonds is 3. The molecule has 2 aromatic rings. The van der Waals surface area contributed by atoms with Gasteiger partial charge in [-0.3, -0.25) is 19.7 Å². The summed E-state index contributed by atoms with van der Waals surface area (Å²) in [4.78, 5) is 38.9. The zero-order chi connectivity index (χ0) is 17.6. The maximum Gasteiger partial charge on any atom is 0.235 e. The Hall–Kier alpha value is -2.28. The number of hydrogen-bond acceptors (Lipinski definition) is 4. The molecule has 25 heavy (non-hydrogen) atoms. The lowest BCUT2D eigenvalue weighted by Gasteiger charge is -2.20. The van der Waals surface area contributed by atoms with Crippen LogP contribution in [-0.2, 0) is 21.4 Å². The summed E-state index contributed by atoms with van der Waals surface area (Å²) in [7, 11) is 1.99. The second kappa shape index (κ2) is 5.91. The molecule has 2 fully saturated rings. The molecule has 3 heterocycles. The Morgan fingerprint density at radius 3 is 2.88 bits per heavy atom. The Morgan fingerprint density at radius 1 is 1.32 bits per heavy atom. The van der Waals surface area contributed by atoms with Crippen molar-refractivity contribution < 1.29 is 14.4 Å². The maximum atomic E-state index is 12.6. The summed E-state index contributed by atoms with van der Waals surface area (Å²) in [6.07, 6.45) is 2.80. The van der Waals surface area contributed by atoms with E-state index >= 15 is 0 Å². The molecule has 0 saturated carbocycles. The smallest absolute Gasteiger partial charge is 0.235 e. The van der Waals surface area contributed by atoms with Gasteiger partial charge < -0.3 is 9.47 Å². The van der Waals surface area contributed by atoms with Crippen molar-refractivity contribution in [1.29, 1.82) is 0 Å². The molecule has 2 aliphatic rings. The summed E-state index contributed by atoms with van der Waals surface area (Å²) >= 11 is 1.52. The number of aryl methyl sites for hydroxylation is 1. The van der Waals surface area contributed by atoms with Crippen LogP contribution in [0.2, 0.25) is 0 Å². The molecule has 3 amide bonds. The summed E-state index contributed by atoms with van der Waals surface area (Å²) in [6.45, 7) is 0.884. The van der Waals surface area contributed by atoms with Crippen molar-refractivity contribution in [3.8, 4) is 0 Å². The molecule has 0 unspecified atom stereocenters. The fraction of sp³-hybridized carbons (Fsp3) is 0.389. The van der Waals surface area contributed by atoms with Crippen LogP contribution in [0, 0.1) is 5.41 Å². The molecular formula is C18H19N3O3S. The first-order chi connectivity index (χ1) is 12.0. The Balaban J connectivity index is 1.43. The van der Waals surface area contributed by atoms with Crippen molar-refractivity contribution in [2.45, 2.75) is 17.7 Å². The first kappa shape index (κ1) is 16.2. The molecule has 2 saturated heterocycles. The van der Waals surface area contributed by atoms with Crippen molar-refractivity contribution >= 4 is 40.4 Å². The van der Waals surface area contributed by atoms with Crippen LogP contribution in [0.5, 0.6) is 0 Å². The number of carbonyl (C=O) groups is 3. The van der Waals surface area contributed by atoms with E-state index in [0.29, 0.717) is 25.3 Å². The number of hydrogen-bond donors (Lipinski definition) is 1. The van der Waals surface area contributed by atoms with Crippen LogP contribution < -0.4 is 5.32 Å². The molecule has 1 N–H and O–H groups in total. The second-order valence-corrected chi connectivity index (χ2v) is 7.83. The minimum Gasteiger partial charge on any atom is -0.349 e. The van der Waals surface area contributed by atoms with Gasteiger partial charge in [0.2, 0.25) is 17.7 Å². The maximum absolute atomic E-state index is 12.6. The lowest BCUT2D eigenvalue weighted by Crippen LogP contribution is -2.37. The van der Waals surface area contributed by atoms with Gasteiger partial charge in [-0.25, -0.2) is 0 Å². The molecule has 7 heteroatoms. The SMILES string of the molecule is Cn1cc(SCC(=O)N2CC[C@@]3(CC(=O)NC3=O)C2)c2ccccc21. The molecule has 130 valence electrons. The van der Waals surface area contributed by atoms with Gasteiger partial charge in [0.1, 0.15) is 0 Å². The molecule has 1 aromatic carbocycles. The van der Waals surface area contributed by atoms with Crippen molar-refractivity contribution in [3.05, 3.63) is 30.5 Å². The first-order valence-electron chi connectivity index (χ1n) is 8.27. The molecule has 6 nitrogen and oxygen atoms in total. The van der Waals surface area contributed by atoms with E-state index in [1.807, 2.05) is 25.4 Å². The third kappa shape index (κ3) is 2.72.